The zero-order valence-electron chi connectivity index (χ0n) is 13.5. The summed E-state index contributed by atoms with van der Waals surface area (Å²) in [5.74, 6) is 0.870. The molecule has 1 amide bonds. The van der Waals surface area contributed by atoms with Crippen molar-refractivity contribution in [3.05, 3.63) is 30.5 Å². The molecule has 0 N–H and O–H groups in total. The van der Waals surface area contributed by atoms with E-state index >= 15 is 0 Å². The summed E-state index contributed by atoms with van der Waals surface area (Å²) in [6.45, 7) is 3.15. The van der Waals surface area contributed by atoms with Crippen LogP contribution in [0.25, 0.3) is 10.9 Å². The van der Waals surface area contributed by atoms with E-state index in [1.165, 1.54) is 0 Å². The third-order valence-corrected chi connectivity index (χ3v) is 4.17. The summed E-state index contributed by atoms with van der Waals surface area (Å²) in [6, 6.07) is 7.92. The van der Waals surface area contributed by atoms with Gasteiger partial charge in [-0.05, 0) is 24.3 Å². The van der Waals surface area contributed by atoms with Crippen LogP contribution in [0.1, 0.15) is 0 Å². The minimum absolute atomic E-state index is 0.0494. The van der Waals surface area contributed by atoms with Crippen molar-refractivity contribution >= 4 is 22.5 Å². The topological polar surface area (TPSA) is 54.9 Å². The maximum absolute atomic E-state index is 11.9. The lowest BCUT2D eigenvalue weighted by Gasteiger charge is -2.36. The predicted molar refractivity (Wildman–Crippen MR) is 89.0 cm³/mol. The number of pyridine rings is 1. The van der Waals surface area contributed by atoms with Gasteiger partial charge >= 0.3 is 0 Å². The van der Waals surface area contributed by atoms with Crippen molar-refractivity contribution in [1.82, 2.24) is 9.88 Å². The van der Waals surface area contributed by atoms with Crippen LogP contribution in [0.2, 0.25) is 0 Å². The Labute approximate surface area is 135 Å². The maximum atomic E-state index is 11.9. The molecule has 1 saturated heterocycles. The van der Waals surface area contributed by atoms with Gasteiger partial charge in [-0.25, -0.2) is 0 Å². The van der Waals surface area contributed by atoms with Gasteiger partial charge in [0.25, 0.3) is 0 Å². The second-order valence-corrected chi connectivity index (χ2v) is 5.51. The predicted octanol–water partition coefficient (Wildman–Crippen LogP) is 1.54. The molecule has 1 aliphatic heterocycles. The maximum Gasteiger partial charge on any atom is 0.248 e. The molecule has 2 heterocycles. The molecule has 1 aliphatic rings. The first-order valence-corrected chi connectivity index (χ1v) is 7.67. The van der Waals surface area contributed by atoms with E-state index in [4.69, 9.17) is 9.47 Å². The van der Waals surface area contributed by atoms with E-state index in [1.807, 2.05) is 35.4 Å². The molecule has 0 unspecified atom stereocenters. The fourth-order valence-corrected chi connectivity index (χ4v) is 2.93. The third kappa shape index (κ3) is 3.22. The minimum Gasteiger partial charge on any atom is -0.497 e. The Morgan fingerprint density at radius 1 is 1.17 bits per heavy atom. The van der Waals surface area contributed by atoms with Gasteiger partial charge in [0.15, 0.2) is 0 Å². The number of rotatable bonds is 4. The summed E-state index contributed by atoms with van der Waals surface area (Å²) in [7, 11) is 3.21. The van der Waals surface area contributed by atoms with Crippen LogP contribution in [-0.4, -0.2) is 62.8 Å². The molecule has 1 fully saturated rings. The van der Waals surface area contributed by atoms with Crippen molar-refractivity contribution in [2.24, 2.45) is 0 Å². The lowest BCUT2D eigenvalue weighted by atomic mass is 10.1. The van der Waals surface area contributed by atoms with Crippen LogP contribution in [0.3, 0.4) is 0 Å². The van der Waals surface area contributed by atoms with Gasteiger partial charge in [-0.1, -0.05) is 0 Å². The van der Waals surface area contributed by atoms with Crippen LogP contribution in [0, 0.1) is 0 Å². The Kier molecular flexibility index (Phi) is 4.62. The lowest BCUT2D eigenvalue weighted by Crippen LogP contribution is -2.49. The summed E-state index contributed by atoms with van der Waals surface area (Å²) in [5, 5.41) is 1.07. The number of carbonyl (C=O) groups is 1. The smallest absolute Gasteiger partial charge is 0.248 e. The van der Waals surface area contributed by atoms with Crippen LogP contribution in [-0.2, 0) is 9.53 Å². The van der Waals surface area contributed by atoms with Crippen LogP contribution in [0.5, 0.6) is 5.75 Å². The molecule has 3 rings (SSSR count). The van der Waals surface area contributed by atoms with Crippen molar-refractivity contribution in [2.45, 2.75) is 0 Å². The first kappa shape index (κ1) is 15.6. The fraction of sp³-hybridized carbons (Fsp3) is 0.412. The molecule has 23 heavy (non-hydrogen) atoms. The monoisotopic (exact) mass is 315 g/mol. The number of methoxy groups -OCH3 is 2. The minimum atomic E-state index is 0.0494. The number of piperazine rings is 1. The summed E-state index contributed by atoms with van der Waals surface area (Å²) in [4.78, 5) is 20.5. The van der Waals surface area contributed by atoms with Gasteiger partial charge in [-0.15, -0.1) is 0 Å². The Morgan fingerprint density at radius 2 is 1.96 bits per heavy atom. The number of fused-ring (bicyclic) bond motifs is 1. The first-order valence-electron chi connectivity index (χ1n) is 7.67. The molecular formula is C17H21N3O3. The van der Waals surface area contributed by atoms with E-state index in [9.17, 15) is 4.79 Å². The molecule has 0 atom stereocenters. The number of hydrogen-bond acceptors (Lipinski definition) is 5. The Hall–Kier alpha value is -2.34. The quantitative estimate of drug-likeness (QED) is 0.856. The van der Waals surface area contributed by atoms with E-state index in [0.717, 1.165) is 35.4 Å². The van der Waals surface area contributed by atoms with Gasteiger partial charge in [-0.3, -0.25) is 9.78 Å². The summed E-state index contributed by atoms with van der Waals surface area (Å²) in [5.41, 5.74) is 2.08. The van der Waals surface area contributed by atoms with Crippen LogP contribution in [0.4, 0.5) is 5.69 Å². The highest BCUT2D eigenvalue weighted by molar-refractivity contribution is 5.92. The van der Waals surface area contributed by atoms with E-state index in [1.54, 1.807) is 14.2 Å². The molecule has 122 valence electrons. The van der Waals surface area contributed by atoms with Gasteiger partial charge in [0.05, 0.1) is 12.6 Å². The van der Waals surface area contributed by atoms with Gasteiger partial charge in [-0.2, -0.15) is 0 Å². The summed E-state index contributed by atoms with van der Waals surface area (Å²) < 4.78 is 10.3. The molecule has 0 saturated carbocycles. The average molecular weight is 315 g/mol. The van der Waals surface area contributed by atoms with Crippen LogP contribution in [0.15, 0.2) is 30.5 Å². The Morgan fingerprint density at radius 3 is 2.65 bits per heavy atom. The summed E-state index contributed by atoms with van der Waals surface area (Å²) in [6.07, 6.45) is 1.83. The number of carbonyl (C=O) groups excluding carboxylic acids is 1. The largest absolute Gasteiger partial charge is 0.497 e. The number of amides is 1. The summed E-state index contributed by atoms with van der Waals surface area (Å²) >= 11 is 0. The number of hydrogen-bond donors (Lipinski definition) is 0. The van der Waals surface area contributed by atoms with E-state index in [0.29, 0.717) is 13.1 Å². The lowest BCUT2D eigenvalue weighted by molar-refractivity contribution is -0.135. The molecule has 1 aromatic carbocycles. The van der Waals surface area contributed by atoms with Gasteiger partial charge in [0.1, 0.15) is 12.4 Å². The fourth-order valence-electron chi connectivity index (χ4n) is 2.93. The third-order valence-electron chi connectivity index (χ3n) is 4.17. The Bertz CT molecular complexity index is 697. The molecule has 0 spiro atoms. The average Bonchev–Trinajstić information content (AvgIpc) is 2.61. The van der Waals surface area contributed by atoms with Gasteiger partial charge in [0, 0.05) is 50.6 Å². The second-order valence-electron chi connectivity index (χ2n) is 5.51. The second kappa shape index (κ2) is 6.83. The van der Waals surface area contributed by atoms with E-state index < -0.39 is 0 Å². The molecule has 1 aromatic heterocycles. The number of aromatic nitrogens is 1. The van der Waals surface area contributed by atoms with Gasteiger partial charge in [0.2, 0.25) is 5.91 Å². The van der Waals surface area contributed by atoms with Crippen molar-refractivity contribution in [3.8, 4) is 5.75 Å². The normalized spacial score (nSPS) is 15.0. The first-order chi connectivity index (χ1) is 11.2. The molecule has 6 heteroatoms. The zero-order valence-corrected chi connectivity index (χ0v) is 13.5. The highest BCUT2D eigenvalue weighted by Gasteiger charge is 2.22. The van der Waals surface area contributed by atoms with E-state index in [2.05, 4.69) is 9.88 Å². The van der Waals surface area contributed by atoms with Crippen molar-refractivity contribution in [2.75, 3.05) is 51.9 Å². The molecule has 2 aromatic rings. The number of nitrogens with zero attached hydrogens (tertiary/aromatic N) is 3. The van der Waals surface area contributed by atoms with Crippen molar-refractivity contribution in [1.29, 1.82) is 0 Å². The van der Waals surface area contributed by atoms with E-state index in [-0.39, 0.29) is 12.5 Å². The molecule has 6 nitrogen and oxygen atoms in total. The number of anilines is 1. The molecule has 0 bridgehead atoms. The van der Waals surface area contributed by atoms with Gasteiger partial charge < -0.3 is 19.3 Å². The van der Waals surface area contributed by atoms with Crippen molar-refractivity contribution < 1.29 is 14.3 Å². The molecule has 0 aliphatic carbocycles. The van der Waals surface area contributed by atoms with Crippen LogP contribution < -0.4 is 9.64 Å². The highest BCUT2D eigenvalue weighted by Crippen LogP contribution is 2.29. The number of ether oxygens (including phenoxy) is 2. The Balaban J connectivity index is 1.80. The highest BCUT2D eigenvalue weighted by atomic mass is 16.5. The SMILES string of the molecule is COCC(=O)N1CCN(c2ccnc3ccc(OC)cc23)CC1. The standard InChI is InChI=1S/C17H21N3O3/c1-22-12-17(21)20-9-7-19(8-10-20)16-5-6-18-15-4-3-13(23-2)11-14(15)16/h3-6,11H,7-10,12H2,1-2H3. The van der Waals surface area contributed by atoms with Crippen molar-refractivity contribution in [3.63, 3.8) is 0 Å². The molecule has 0 radical (unpaired) electrons. The molecular weight excluding hydrogens is 294 g/mol. The van der Waals surface area contributed by atoms with Crippen LogP contribution >= 0.6 is 0 Å². The zero-order chi connectivity index (χ0) is 16.2. The number of benzene rings is 1.